The monoisotopic (exact) mass is 288 g/mol. The Balaban J connectivity index is 2.30. The summed E-state index contributed by atoms with van der Waals surface area (Å²) in [6.45, 7) is 0. The molecule has 0 spiro atoms. The fraction of sp³-hybridized carbons (Fsp3) is 0.133. The lowest BCUT2D eigenvalue weighted by Crippen LogP contribution is -2.19. The van der Waals surface area contributed by atoms with Gasteiger partial charge in [0.2, 0.25) is 0 Å². The van der Waals surface area contributed by atoms with Gasteiger partial charge >= 0.3 is 5.97 Å². The topological polar surface area (TPSA) is 118 Å². The zero-order valence-electron chi connectivity index (χ0n) is 10.7. The van der Waals surface area contributed by atoms with Crippen molar-refractivity contribution in [3.63, 3.8) is 0 Å². The van der Waals surface area contributed by atoms with Gasteiger partial charge in [0.1, 0.15) is 23.7 Å². The number of rotatable bonds is 1. The summed E-state index contributed by atoms with van der Waals surface area (Å²) in [5, 5.41) is 49.5. The SMILES string of the molecule is O=C(O)c1cc(O)c2c(c1)C(O)c1cccc(O)c1C2O. The van der Waals surface area contributed by atoms with Crippen LogP contribution in [0.3, 0.4) is 0 Å². The van der Waals surface area contributed by atoms with Crippen molar-refractivity contribution in [3.8, 4) is 11.5 Å². The third-order valence-corrected chi connectivity index (χ3v) is 3.69. The Bertz CT molecular complexity index is 752. The minimum atomic E-state index is -1.34. The Kier molecular flexibility index (Phi) is 2.86. The second-order valence-electron chi connectivity index (χ2n) is 4.89. The molecule has 0 aromatic heterocycles. The first-order chi connectivity index (χ1) is 9.91. The molecule has 2 atom stereocenters. The Morgan fingerprint density at radius 2 is 1.57 bits per heavy atom. The zero-order chi connectivity index (χ0) is 15.3. The van der Waals surface area contributed by atoms with E-state index in [1.807, 2.05) is 0 Å². The first kappa shape index (κ1) is 13.4. The van der Waals surface area contributed by atoms with Gasteiger partial charge in [-0.3, -0.25) is 0 Å². The smallest absolute Gasteiger partial charge is 0.335 e. The standard InChI is InChI=1S/C15H12O6/c16-9-3-1-2-7-11(9)14(19)12-8(13(7)18)4-6(15(20)21)5-10(12)17/h1-5,13-14,16-19H,(H,20,21). The van der Waals surface area contributed by atoms with Crippen molar-refractivity contribution < 1.29 is 30.3 Å². The molecule has 21 heavy (non-hydrogen) atoms. The van der Waals surface area contributed by atoms with E-state index in [2.05, 4.69) is 0 Å². The van der Waals surface area contributed by atoms with E-state index >= 15 is 0 Å². The normalized spacial score (nSPS) is 19.7. The average Bonchev–Trinajstić information content (AvgIpc) is 2.43. The molecule has 0 radical (unpaired) electrons. The van der Waals surface area contributed by atoms with Crippen LogP contribution in [-0.4, -0.2) is 31.5 Å². The van der Waals surface area contributed by atoms with Crippen molar-refractivity contribution >= 4 is 5.97 Å². The summed E-state index contributed by atoms with van der Waals surface area (Å²) in [6.07, 6.45) is -2.59. The van der Waals surface area contributed by atoms with Gasteiger partial charge < -0.3 is 25.5 Å². The molecule has 2 aromatic rings. The minimum absolute atomic E-state index is 0.00139. The van der Waals surface area contributed by atoms with Crippen LogP contribution in [0.4, 0.5) is 0 Å². The van der Waals surface area contributed by atoms with E-state index in [0.29, 0.717) is 0 Å². The highest BCUT2D eigenvalue weighted by atomic mass is 16.4. The number of aromatic hydroxyl groups is 2. The lowest BCUT2D eigenvalue weighted by Gasteiger charge is -2.30. The predicted molar refractivity (Wildman–Crippen MR) is 71.3 cm³/mol. The summed E-state index contributed by atoms with van der Waals surface area (Å²) in [5.74, 6) is -1.90. The van der Waals surface area contributed by atoms with Gasteiger partial charge in [-0.15, -0.1) is 0 Å². The highest BCUT2D eigenvalue weighted by molar-refractivity contribution is 5.89. The van der Waals surface area contributed by atoms with Gasteiger partial charge in [-0.25, -0.2) is 4.79 Å². The largest absolute Gasteiger partial charge is 0.508 e. The third kappa shape index (κ3) is 1.84. The second kappa shape index (κ2) is 4.47. The molecule has 6 nitrogen and oxygen atoms in total. The summed E-state index contributed by atoms with van der Waals surface area (Å²) in [5.41, 5.74) is 0.299. The molecule has 5 N–H and O–H groups in total. The summed E-state index contributed by atoms with van der Waals surface area (Å²) < 4.78 is 0. The van der Waals surface area contributed by atoms with Crippen LogP contribution in [0.5, 0.6) is 11.5 Å². The van der Waals surface area contributed by atoms with E-state index in [1.54, 1.807) is 0 Å². The van der Waals surface area contributed by atoms with Gasteiger partial charge in [-0.2, -0.15) is 0 Å². The first-order valence-corrected chi connectivity index (χ1v) is 6.19. The van der Waals surface area contributed by atoms with Gasteiger partial charge in [0, 0.05) is 11.1 Å². The molecule has 108 valence electrons. The predicted octanol–water partition coefficient (Wildman–Crippen LogP) is 1.27. The number of aromatic carboxylic acids is 1. The van der Waals surface area contributed by atoms with Gasteiger partial charge in [0.05, 0.1) is 5.56 Å². The van der Waals surface area contributed by atoms with Gasteiger partial charge in [0.25, 0.3) is 0 Å². The number of hydrogen-bond donors (Lipinski definition) is 5. The summed E-state index contributed by atoms with van der Waals surface area (Å²) in [4.78, 5) is 11.0. The lowest BCUT2D eigenvalue weighted by molar-refractivity contribution is 0.0695. The van der Waals surface area contributed by atoms with Crippen LogP contribution >= 0.6 is 0 Å². The van der Waals surface area contributed by atoms with Crippen LogP contribution in [0, 0.1) is 0 Å². The second-order valence-corrected chi connectivity index (χ2v) is 4.89. The number of phenols is 2. The van der Waals surface area contributed by atoms with E-state index in [0.717, 1.165) is 6.07 Å². The molecule has 0 saturated carbocycles. The number of aliphatic hydroxyl groups excluding tert-OH is 2. The number of hydrogen-bond acceptors (Lipinski definition) is 5. The molecule has 0 aliphatic heterocycles. The summed E-state index contributed by atoms with van der Waals surface area (Å²) in [6, 6.07) is 6.61. The quantitative estimate of drug-likeness (QED) is 0.539. The number of carbonyl (C=O) groups is 1. The Morgan fingerprint density at radius 3 is 2.24 bits per heavy atom. The van der Waals surface area contributed by atoms with Crippen LogP contribution in [0.25, 0.3) is 0 Å². The molecule has 0 amide bonds. The van der Waals surface area contributed by atoms with E-state index in [1.165, 1.54) is 24.3 Å². The molecule has 2 aromatic carbocycles. The van der Waals surface area contributed by atoms with Crippen molar-refractivity contribution in [1.29, 1.82) is 0 Å². The molecule has 0 saturated heterocycles. The Hall–Kier alpha value is -2.57. The molecule has 0 fully saturated rings. The van der Waals surface area contributed by atoms with E-state index in [-0.39, 0.29) is 33.6 Å². The van der Waals surface area contributed by atoms with E-state index in [9.17, 15) is 25.2 Å². The Morgan fingerprint density at radius 1 is 0.905 bits per heavy atom. The van der Waals surface area contributed by atoms with Crippen molar-refractivity contribution in [2.24, 2.45) is 0 Å². The van der Waals surface area contributed by atoms with Gasteiger partial charge in [-0.05, 0) is 29.3 Å². The fourth-order valence-electron chi connectivity index (χ4n) is 2.73. The summed E-state index contributed by atoms with van der Waals surface area (Å²) in [7, 11) is 0. The maximum atomic E-state index is 11.0. The molecule has 0 heterocycles. The minimum Gasteiger partial charge on any atom is -0.508 e. The number of fused-ring (bicyclic) bond motifs is 2. The zero-order valence-corrected chi connectivity index (χ0v) is 10.7. The van der Waals surface area contributed by atoms with E-state index in [4.69, 9.17) is 5.11 Å². The molecule has 1 aliphatic carbocycles. The molecular formula is C15H12O6. The highest BCUT2D eigenvalue weighted by Gasteiger charge is 2.35. The highest BCUT2D eigenvalue weighted by Crippen LogP contribution is 2.47. The molecule has 6 heteroatoms. The number of phenolic OH excluding ortho intramolecular Hbond substituents is 2. The molecule has 1 aliphatic rings. The average molecular weight is 288 g/mol. The number of benzene rings is 2. The van der Waals surface area contributed by atoms with Crippen LogP contribution in [0.15, 0.2) is 30.3 Å². The number of aliphatic hydroxyl groups is 2. The van der Waals surface area contributed by atoms with Crippen molar-refractivity contribution in [2.75, 3.05) is 0 Å². The number of carboxylic acid groups (broad SMARTS) is 1. The number of carboxylic acids is 1. The third-order valence-electron chi connectivity index (χ3n) is 3.69. The first-order valence-electron chi connectivity index (χ1n) is 6.19. The molecular weight excluding hydrogens is 276 g/mol. The maximum absolute atomic E-state index is 11.0. The van der Waals surface area contributed by atoms with Crippen LogP contribution in [0.1, 0.15) is 44.8 Å². The molecule has 2 unspecified atom stereocenters. The van der Waals surface area contributed by atoms with Gasteiger partial charge in [-0.1, -0.05) is 12.1 Å². The summed E-state index contributed by atoms with van der Waals surface area (Å²) >= 11 is 0. The molecule has 0 bridgehead atoms. The van der Waals surface area contributed by atoms with Crippen molar-refractivity contribution in [2.45, 2.75) is 12.2 Å². The van der Waals surface area contributed by atoms with Crippen molar-refractivity contribution in [3.05, 3.63) is 58.1 Å². The van der Waals surface area contributed by atoms with E-state index < -0.39 is 23.9 Å². The lowest BCUT2D eigenvalue weighted by atomic mass is 9.80. The fourth-order valence-corrected chi connectivity index (χ4v) is 2.73. The van der Waals surface area contributed by atoms with Crippen LogP contribution in [-0.2, 0) is 0 Å². The van der Waals surface area contributed by atoms with Crippen molar-refractivity contribution in [1.82, 2.24) is 0 Å². The van der Waals surface area contributed by atoms with Crippen LogP contribution in [0.2, 0.25) is 0 Å². The Labute approximate surface area is 119 Å². The maximum Gasteiger partial charge on any atom is 0.335 e. The van der Waals surface area contributed by atoms with Crippen LogP contribution < -0.4 is 0 Å². The molecule has 3 rings (SSSR count). The van der Waals surface area contributed by atoms with Gasteiger partial charge in [0.15, 0.2) is 0 Å².